The summed E-state index contributed by atoms with van der Waals surface area (Å²) in [6.07, 6.45) is 0. The third kappa shape index (κ3) is 2.60. The van der Waals surface area contributed by atoms with Crippen molar-refractivity contribution in [3.05, 3.63) is 60.2 Å². The molecule has 2 rings (SSSR count). The van der Waals surface area contributed by atoms with Crippen molar-refractivity contribution < 1.29 is 4.79 Å². The van der Waals surface area contributed by atoms with Gasteiger partial charge in [-0.1, -0.05) is 48.5 Å². The fourth-order valence-electron chi connectivity index (χ4n) is 1.75. The summed E-state index contributed by atoms with van der Waals surface area (Å²) in [6, 6.07) is 17.1. The monoisotopic (exact) mass is 225 g/mol. The van der Waals surface area contributed by atoms with E-state index in [1.165, 1.54) is 0 Å². The highest BCUT2D eigenvalue weighted by Crippen LogP contribution is 2.20. The normalized spacial score (nSPS) is 12.1. The lowest BCUT2D eigenvalue weighted by atomic mass is 9.99. The summed E-state index contributed by atoms with van der Waals surface area (Å²) < 4.78 is 0. The van der Waals surface area contributed by atoms with Crippen molar-refractivity contribution >= 4 is 5.78 Å². The lowest BCUT2D eigenvalue weighted by Crippen LogP contribution is -2.26. The van der Waals surface area contributed by atoms with E-state index in [4.69, 9.17) is 5.73 Å². The number of carbonyl (C=O) groups is 1. The molecule has 2 N–H and O–H groups in total. The van der Waals surface area contributed by atoms with E-state index in [2.05, 4.69) is 0 Å². The third-order valence-corrected chi connectivity index (χ3v) is 2.67. The zero-order chi connectivity index (χ0) is 12.3. The Morgan fingerprint density at radius 3 is 2.29 bits per heavy atom. The van der Waals surface area contributed by atoms with Crippen LogP contribution in [-0.2, 0) is 0 Å². The van der Waals surface area contributed by atoms with Gasteiger partial charge in [0.05, 0.1) is 6.04 Å². The number of nitrogens with two attached hydrogens (primary N) is 1. The number of hydrogen-bond acceptors (Lipinski definition) is 2. The van der Waals surface area contributed by atoms with Gasteiger partial charge >= 0.3 is 0 Å². The predicted octanol–water partition coefficient (Wildman–Crippen LogP) is 2.88. The van der Waals surface area contributed by atoms with Crippen LogP contribution < -0.4 is 5.73 Å². The molecule has 2 aromatic rings. The minimum absolute atomic E-state index is 0.0252. The summed E-state index contributed by atoms with van der Waals surface area (Å²) in [5.74, 6) is -0.0252. The quantitative estimate of drug-likeness (QED) is 0.816. The Morgan fingerprint density at radius 2 is 1.65 bits per heavy atom. The topological polar surface area (TPSA) is 43.1 Å². The van der Waals surface area contributed by atoms with Crippen LogP contribution >= 0.6 is 0 Å². The van der Waals surface area contributed by atoms with Gasteiger partial charge in [-0.05, 0) is 24.1 Å². The molecule has 0 aliphatic heterocycles. The molecular formula is C15H15NO. The van der Waals surface area contributed by atoms with Crippen molar-refractivity contribution in [2.24, 2.45) is 5.73 Å². The molecule has 1 unspecified atom stereocenters. The largest absolute Gasteiger partial charge is 0.321 e. The smallest absolute Gasteiger partial charge is 0.179 e. The second-order valence-corrected chi connectivity index (χ2v) is 4.10. The van der Waals surface area contributed by atoms with E-state index in [-0.39, 0.29) is 5.78 Å². The molecule has 0 aliphatic rings. The number of carbonyl (C=O) groups excluding carboxylic acids is 1. The Hall–Kier alpha value is -1.93. The van der Waals surface area contributed by atoms with E-state index in [1.54, 1.807) is 13.0 Å². The van der Waals surface area contributed by atoms with Gasteiger partial charge < -0.3 is 5.73 Å². The van der Waals surface area contributed by atoms with E-state index in [9.17, 15) is 4.79 Å². The minimum Gasteiger partial charge on any atom is -0.321 e. The van der Waals surface area contributed by atoms with Gasteiger partial charge in [0.1, 0.15) is 0 Å². The Labute approximate surface area is 101 Å². The number of hydrogen-bond donors (Lipinski definition) is 1. The number of ketones is 1. The molecule has 2 nitrogen and oxygen atoms in total. The van der Waals surface area contributed by atoms with Gasteiger partial charge in [0.2, 0.25) is 0 Å². The molecule has 2 heteroatoms. The Morgan fingerprint density at radius 1 is 1.00 bits per heavy atom. The zero-order valence-electron chi connectivity index (χ0n) is 9.76. The summed E-state index contributed by atoms with van der Waals surface area (Å²) in [5.41, 5.74) is 8.42. The summed E-state index contributed by atoms with van der Waals surface area (Å²) in [6.45, 7) is 1.71. The first-order valence-electron chi connectivity index (χ1n) is 5.64. The van der Waals surface area contributed by atoms with Crippen LogP contribution in [0.15, 0.2) is 54.6 Å². The molecule has 1 atom stereocenters. The summed E-state index contributed by atoms with van der Waals surface area (Å²) in [5, 5.41) is 0. The molecule has 0 radical (unpaired) electrons. The van der Waals surface area contributed by atoms with Crippen LogP contribution in [0.5, 0.6) is 0 Å². The molecule has 0 aliphatic carbocycles. The molecular weight excluding hydrogens is 210 g/mol. The number of rotatable bonds is 3. The van der Waals surface area contributed by atoms with Crippen molar-refractivity contribution in [1.29, 1.82) is 0 Å². The van der Waals surface area contributed by atoms with Gasteiger partial charge in [-0.15, -0.1) is 0 Å². The standard InChI is InChI=1S/C15H15NO/c1-11(16)15(17)14-9-5-8-13(10-14)12-6-3-2-4-7-12/h2-11H,16H2,1H3. The summed E-state index contributed by atoms with van der Waals surface area (Å²) >= 11 is 0. The van der Waals surface area contributed by atoms with Gasteiger partial charge in [-0.2, -0.15) is 0 Å². The van der Waals surface area contributed by atoms with Crippen molar-refractivity contribution in [3.8, 4) is 11.1 Å². The lowest BCUT2D eigenvalue weighted by Gasteiger charge is -2.07. The highest BCUT2D eigenvalue weighted by Gasteiger charge is 2.11. The first-order valence-corrected chi connectivity index (χ1v) is 5.64. The SMILES string of the molecule is CC(N)C(=O)c1cccc(-c2ccccc2)c1. The van der Waals surface area contributed by atoms with Crippen LogP contribution in [0.2, 0.25) is 0 Å². The van der Waals surface area contributed by atoms with Crippen LogP contribution in [0, 0.1) is 0 Å². The predicted molar refractivity (Wildman–Crippen MR) is 69.9 cm³/mol. The van der Waals surface area contributed by atoms with E-state index in [0.717, 1.165) is 11.1 Å². The molecule has 0 aromatic heterocycles. The molecule has 86 valence electrons. The molecule has 0 heterocycles. The van der Waals surface area contributed by atoms with E-state index in [1.807, 2.05) is 48.5 Å². The maximum absolute atomic E-state index is 11.8. The van der Waals surface area contributed by atoms with Crippen LogP contribution in [0.25, 0.3) is 11.1 Å². The molecule has 0 spiro atoms. The van der Waals surface area contributed by atoms with Crippen LogP contribution in [-0.4, -0.2) is 11.8 Å². The molecule has 0 bridgehead atoms. The molecule has 17 heavy (non-hydrogen) atoms. The Balaban J connectivity index is 2.39. The molecule has 0 saturated carbocycles. The third-order valence-electron chi connectivity index (χ3n) is 2.67. The summed E-state index contributed by atoms with van der Waals surface area (Å²) in [7, 11) is 0. The maximum atomic E-state index is 11.8. The zero-order valence-corrected chi connectivity index (χ0v) is 9.76. The first-order chi connectivity index (χ1) is 8.18. The number of Topliss-reactive ketones (excluding diaryl/α,β-unsaturated/α-hetero) is 1. The van der Waals surface area contributed by atoms with Crippen molar-refractivity contribution in [2.45, 2.75) is 13.0 Å². The van der Waals surface area contributed by atoms with Crippen molar-refractivity contribution in [3.63, 3.8) is 0 Å². The van der Waals surface area contributed by atoms with Crippen molar-refractivity contribution in [2.75, 3.05) is 0 Å². The van der Waals surface area contributed by atoms with E-state index >= 15 is 0 Å². The molecule has 0 amide bonds. The highest BCUT2D eigenvalue weighted by molar-refractivity contribution is 6.00. The minimum atomic E-state index is -0.457. The van der Waals surface area contributed by atoms with Crippen LogP contribution in [0.1, 0.15) is 17.3 Å². The van der Waals surface area contributed by atoms with E-state index in [0.29, 0.717) is 5.56 Å². The summed E-state index contributed by atoms with van der Waals surface area (Å²) in [4.78, 5) is 11.8. The lowest BCUT2D eigenvalue weighted by molar-refractivity contribution is 0.0968. The molecule has 0 saturated heterocycles. The van der Waals surface area contributed by atoms with Crippen LogP contribution in [0.3, 0.4) is 0 Å². The molecule has 0 fully saturated rings. The first kappa shape index (κ1) is 11.6. The van der Waals surface area contributed by atoms with Crippen LogP contribution in [0.4, 0.5) is 0 Å². The number of benzene rings is 2. The molecule has 2 aromatic carbocycles. The second-order valence-electron chi connectivity index (χ2n) is 4.10. The maximum Gasteiger partial charge on any atom is 0.179 e. The van der Waals surface area contributed by atoms with E-state index < -0.39 is 6.04 Å². The second kappa shape index (κ2) is 4.93. The van der Waals surface area contributed by atoms with Gasteiger partial charge in [0.15, 0.2) is 5.78 Å². The Bertz CT molecular complexity index is 517. The average molecular weight is 225 g/mol. The fraction of sp³-hybridized carbons (Fsp3) is 0.133. The fourth-order valence-corrected chi connectivity index (χ4v) is 1.75. The van der Waals surface area contributed by atoms with Gasteiger partial charge in [0, 0.05) is 5.56 Å². The van der Waals surface area contributed by atoms with Gasteiger partial charge in [-0.25, -0.2) is 0 Å². The Kier molecular flexibility index (Phi) is 3.35. The van der Waals surface area contributed by atoms with Gasteiger partial charge in [-0.3, -0.25) is 4.79 Å². The van der Waals surface area contributed by atoms with Crippen molar-refractivity contribution in [1.82, 2.24) is 0 Å². The average Bonchev–Trinajstić information content (AvgIpc) is 2.39. The van der Waals surface area contributed by atoms with Gasteiger partial charge in [0.25, 0.3) is 0 Å². The highest BCUT2D eigenvalue weighted by atomic mass is 16.1.